The van der Waals surface area contributed by atoms with E-state index in [1.54, 1.807) is 20.2 Å². The molecule has 1 unspecified atom stereocenters. The lowest BCUT2D eigenvalue weighted by atomic mass is 10.0. The van der Waals surface area contributed by atoms with Crippen LogP contribution in [0.3, 0.4) is 0 Å². The molecule has 156 valence electrons. The zero-order valence-electron chi connectivity index (χ0n) is 17.5. The summed E-state index contributed by atoms with van der Waals surface area (Å²) in [6.45, 7) is 5.45. The Balaban J connectivity index is 1.32. The number of anilines is 1. The highest BCUT2D eigenvalue weighted by Crippen LogP contribution is 2.75. The van der Waals surface area contributed by atoms with E-state index in [9.17, 15) is 5.11 Å². The minimum atomic E-state index is -0.898. The first-order valence-corrected chi connectivity index (χ1v) is 10.8. The molecule has 0 bridgehead atoms. The summed E-state index contributed by atoms with van der Waals surface area (Å²) in [6.07, 6.45) is 7.34. The Morgan fingerprint density at radius 3 is 2.77 bits per heavy atom. The van der Waals surface area contributed by atoms with Crippen molar-refractivity contribution < 1.29 is 9.84 Å². The fraction of sp³-hybridized carbons (Fsp3) is 0.522. The molecule has 3 aromatic rings. The summed E-state index contributed by atoms with van der Waals surface area (Å²) in [6, 6.07) is 8.72. The van der Waals surface area contributed by atoms with Gasteiger partial charge >= 0.3 is 0 Å². The van der Waals surface area contributed by atoms with Crippen molar-refractivity contribution in [1.29, 1.82) is 0 Å². The van der Waals surface area contributed by atoms with Crippen LogP contribution in [0, 0.1) is 5.41 Å². The Kier molecular flexibility index (Phi) is 3.81. The fourth-order valence-electron chi connectivity index (χ4n) is 4.88. The van der Waals surface area contributed by atoms with Crippen molar-refractivity contribution in [2.24, 2.45) is 5.41 Å². The smallest absolute Gasteiger partial charge is 0.159 e. The summed E-state index contributed by atoms with van der Waals surface area (Å²) in [4.78, 5) is 11.1. The molecule has 1 N–H and O–H groups in total. The van der Waals surface area contributed by atoms with Gasteiger partial charge in [0.2, 0.25) is 0 Å². The largest absolute Gasteiger partial charge is 0.388 e. The van der Waals surface area contributed by atoms with Gasteiger partial charge in [0.1, 0.15) is 18.2 Å². The first-order chi connectivity index (χ1) is 14.4. The molecule has 3 heterocycles. The van der Waals surface area contributed by atoms with E-state index in [4.69, 9.17) is 4.74 Å². The van der Waals surface area contributed by atoms with Crippen LogP contribution in [-0.2, 0) is 4.74 Å². The second kappa shape index (κ2) is 6.25. The Hall–Kier alpha value is -2.51. The van der Waals surface area contributed by atoms with Crippen molar-refractivity contribution in [3.05, 3.63) is 42.4 Å². The van der Waals surface area contributed by atoms with Gasteiger partial charge < -0.3 is 14.7 Å². The van der Waals surface area contributed by atoms with Crippen LogP contribution in [0.1, 0.15) is 44.6 Å². The van der Waals surface area contributed by atoms with Gasteiger partial charge in [-0.15, -0.1) is 0 Å². The van der Waals surface area contributed by atoms with E-state index < -0.39 is 5.60 Å². The van der Waals surface area contributed by atoms with E-state index in [1.807, 2.05) is 16.9 Å². The standard InChI is InChI=1S/C23H27N5O2/c1-22(2,29)19-13-27(7-8-30-19)20-10-21(25-14-24-20)28-18-9-15(3-4-16(18)12-26-28)17-11-23(17)5-6-23/h3-4,9-10,12,14,17,19,29H,5-8,11,13H2,1-2H3/t17-,19?/m0/s1. The van der Waals surface area contributed by atoms with E-state index in [2.05, 4.69) is 38.2 Å². The first-order valence-electron chi connectivity index (χ1n) is 10.8. The zero-order chi connectivity index (χ0) is 20.5. The van der Waals surface area contributed by atoms with E-state index in [0.29, 0.717) is 18.6 Å². The molecule has 1 aromatic carbocycles. The number of benzene rings is 1. The maximum atomic E-state index is 10.3. The Labute approximate surface area is 175 Å². The number of morpholine rings is 1. The van der Waals surface area contributed by atoms with Crippen LogP contribution in [0.2, 0.25) is 0 Å². The average molecular weight is 406 g/mol. The molecule has 2 atom stereocenters. The SMILES string of the molecule is CC(C)(O)C1CN(c2cc(-n3ncc4ccc([C@@H]5CC56CC6)cc43)ncn2)CCO1. The summed E-state index contributed by atoms with van der Waals surface area (Å²) in [7, 11) is 0. The molecule has 3 aliphatic rings. The summed E-state index contributed by atoms with van der Waals surface area (Å²) in [5, 5.41) is 16.1. The fourth-order valence-corrected chi connectivity index (χ4v) is 4.88. The molecule has 0 amide bonds. The van der Waals surface area contributed by atoms with E-state index in [-0.39, 0.29) is 6.10 Å². The molecule has 2 aromatic heterocycles. The molecule has 1 saturated heterocycles. The predicted octanol–water partition coefficient (Wildman–Crippen LogP) is 3.06. The molecule has 3 fully saturated rings. The number of aliphatic hydroxyl groups is 1. The van der Waals surface area contributed by atoms with Crippen LogP contribution in [0.25, 0.3) is 16.7 Å². The highest BCUT2D eigenvalue weighted by Gasteiger charge is 2.62. The van der Waals surface area contributed by atoms with Crippen molar-refractivity contribution in [1.82, 2.24) is 19.7 Å². The monoisotopic (exact) mass is 405 g/mol. The molecule has 0 radical (unpaired) electrons. The van der Waals surface area contributed by atoms with Crippen LogP contribution in [0.5, 0.6) is 0 Å². The summed E-state index contributed by atoms with van der Waals surface area (Å²) in [5.41, 5.74) is 2.26. The number of rotatable bonds is 4. The highest BCUT2D eigenvalue weighted by atomic mass is 16.5. The lowest BCUT2D eigenvalue weighted by molar-refractivity contribution is -0.0929. The average Bonchev–Trinajstić information content (AvgIpc) is 3.64. The van der Waals surface area contributed by atoms with Gasteiger partial charge in [-0.2, -0.15) is 5.10 Å². The van der Waals surface area contributed by atoms with E-state index in [1.165, 1.54) is 24.8 Å². The number of fused-ring (bicyclic) bond motifs is 1. The lowest BCUT2D eigenvalue weighted by Gasteiger charge is -2.39. The molecule has 2 aliphatic carbocycles. The maximum absolute atomic E-state index is 10.3. The van der Waals surface area contributed by atoms with Crippen LogP contribution in [0.15, 0.2) is 36.8 Å². The van der Waals surface area contributed by atoms with Crippen LogP contribution < -0.4 is 4.90 Å². The van der Waals surface area contributed by atoms with Gasteiger partial charge in [-0.3, -0.25) is 0 Å². The quantitative estimate of drug-likeness (QED) is 0.719. The molecular formula is C23H27N5O2. The second-order valence-electron chi connectivity index (χ2n) is 9.69. The minimum absolute atomic E-state index is 0.258. The third kappa shape index (κ3) is 2.99. The van der Waals surface area contributed by atoms with Crippen LogP contribution in [0.4, 0.5) is 5.82 Å². The molecular weight excluding hydrogens is 378 g/mol. The van der Waals surface area contributed by atoms with Crippen molar-refractivity contribution in [2.75, 3.05) is 24.6 Å². The number of ether oxygens (including phenoxy) is 1. The summed E-state index contributed by atoms with van der Waals surface area (Å²) in [5.74, 6) is 2.31. The zero-order valence-corrected chi connectivity index (χ0v) is 17.5. The van der Waals surface area contributed by atoms with Gasteiger partial charge in [0.25, 0.3) is 0 Å². The molecule has 2 saturated carbocycles. The number of aromatic nitrogens is 4. The number of hydrogen-bond donors (Lipinski definition) is 1. The van der Waals surface area contributed by atoms with Crippen molar-refractivity contribution in [3.63, 3.8) is 0 Å². The van der Waals surface area contributed by atoms with E-state index in [0.717, 1.165) is 35.0 Å². The van der Waals surface area contributed by atoms with E-state index >= 15 is 0 Å². The summed E-state index contributed by atoms with van der Waals surface area (Å²) < 4.78 is 7.68. The van der Waals surface area contributed by atoms with Crippen LogP contribution in [-0.4, -0.2) is 56.3 Å². The van der Waals surface area contributed by atoms with Crippen molar-refractivity contribution >= 4 is 16.7 Å². The third-order valence-electron chi connectivity index (χ3n) is 7.11. The minimum Gasteiger partial charge on any atom is -0.388 e. The lowest BCUT2D eigenvalue weighted by Crippen LogP contribution is -2.52. The normalized spacial score (nSPS) is 25.1. The van der Waals surface area contributed by atoms with Crippen molar-refractivity contribution in [3.8, 4) is 5.82 Å². The van der Waals surface area contributed by atoms with Gasteiger partial charge in [-0.25, -0.2) is 14.6 Å². The van der Waals surface area contributed by atoms with Gasteiger partial charge in [0.15, 0.2) is 5.82 Å². The van der Waals surface area contributed by atoms with Crippen molar-refractivity contribution in [2.45, 2.75) is 50.7 Å². The molecule has 1 aliphatic heterocycles. The second-order valence-corrected chi connectivity index (χ2v) is 9.69. The Morgan fingerprint density at radius 1 is 1.17 bits per heavy atom. The van der Waals surface area contributed by atoms with Gasteiger partial charge in [0, 0.05) is 24.5 Å². The third-order valence-corrected chi connectivity index (χ3v) is 7.11. The maximum Gasteiger partial charge on any atom is 0.159 e. The van der Waals surface area contributed by atoms with Gasteiger partial charge in [-0.1, -0.05) is 12.1 Å². The Morgan fingerprint density at radius 2 is 2.00 bits per heavy atom. The molecule has 7 nitrogen and oxygen atoms in total. The molecule has 30 heavy (non-hydrogen) atoms. The number of hydrogen-bond acceptors (Lipinski definition) is 6. The van der Waals surface area contributed by atoms with Gasteiger partial charge in [-0.05, 0) is 56.1 Å². The molecule has 6 rings (SSSR count). The summed E-state index contributed by atoms with van der Waals surface area (Å²) >= 11 is 0. The van der Waals surface area contributed by atoms with Crippen LogP contribution >= 0.6 is 0 Å². The topological polar surface area (TPSA) is 76.3 Å². The first kappa shape index (κ1) is 18.3. The highest BCUT2D eigenvalue weighted by molar-refractivity contribution is 5.81. The predicted molar refractivity (Wildman–Crippen MR) is 114 cm³/mol. The Bertz CT molecular complexity index is 1110. The number of nitrogens with zero attached hydrogens (tertiary/aromatic N) is 5. The molecule has 1 spiro atoms. The molecule has 7 heteroatoms. The van der Waals surface area contributed by atoms with Gasteiger partial charge in [0.05, 0.1) is 23.9 Å².